The molecule has 0 heterocycles. The minimum atomic E-state index is -0.897. The Morgan fingerprint density at radius 1 is 1.47 bits per heavy atom. The van der Waals surface area contributed by atoms with Crippen molar-refractivity contribution < 1.29 is 9.50 Å². The zero-order chi connectivity index (χ0) is 13.9. The van der Waals surface area contributed by atoms with Gasteiger partial charge in [-0.25, -0.2) is 4.39 Å². The first-order valence-corrected chi connectivity index (χ1v) is 6.96. The molecular formula is C16H20FNO. The first-order valence-electron chi connectivity index (χ1n) is 6.96. The Balaban J connectivity index is 2.21. The average Bonchev–Trinajstić information content (AvgIpc) is 2.46. The van der Waals surface area contributed by atoms with E-state index in [1.807, 2.05) is 0 Å². The van der Waals surface area contributed by atoms with Gasteiger partial charge in [0.05, 0.1) is 17.6 Å². The van der Waals surface area contributed by atoms with Crippen LogP contribution in [0, 0.1) is 28.5 Å². The largest absolute Gasteiger partial charge is 0.387 e. The lowest BCUT2D eigenvalue weighted by Gasteiger charge is -2.38. The molecular weight excluding hydrogens is 241 g/mol. The summed E-state index contributed by atoms with van der Waals surface area (Å²) in [7, 11) is 0. The Kier molecular flexibility index (Phi) is 4.21. The molecule has 1 aliphatic rings. The molecule has 1 fully saturated rings. The highest BCUT2D eigenvalue weighted by Crippen LogP contribution is 2.47. The van der Waals surface area contributed by atoms with Crippen LogP contribution in [0.2, 0.25) is 0 Å². The van der Waals surface area contributed by atoms with E-state index < -0.39 is 11.5 Å². The van der Waals surface area contributed by atoms with E-state index in [1.54, 1.807) is 12.1 Å². The maximum atomic E-state index is 13.2. The molecule has 1 atom stereocenters. The number of nitrogens with zero attached hydrogens (tertiary/aromatic N) is 1. The molecule has 1 aliphatic carbocycles. The third kappa shape index (κ3) is 2.79. The lowest BCUT2D eigenvalue weighted by atomic mass is 9.66. The van der Waals surface area contributed by atoms with Crippen molar-refractivity contribution in [1.82, 2.24) is 0 Å². The number of rotatable bonds is 3. The lowest BCUT2D eigenvalue weighted by Crippen LogP contribution is -2.32. The van der Waals surface area contributed by atoms with Crippen molar-refractivity contribution in [3.05, 3.63) is 35.6 Å². The molecule has 1 aromatic rings. The fourth-order valence-corrected chi connectivity index (χ4v) is 3.04. The zero-order valence-corrected chi connectivity index (χ0v) is 11.3. The van der Waals surface area contributed by atoms with Gasteiger partial charge < -0.3 is 5.11 Å². The highest BCUT2D eigenvalue weighted by Gasteiger charge is 2.42. The van der Waals surface area contributed by atoms with Crippen LogP contribution in [0.1, 0.15) is 50.7 Å². The minimum Gasteiger partial charge on any atom is -0.387 e. The maximum Gasteiger partial charge on any atom is 0.123 e. The van der Waals surface area contributed by atoms with Crippen molar-refractivity contribution in [2.24, 2.45) is 11.3 Å². The van der Waals surface area contributed by atoms with Gasteiger partial charge in [-0.2, -0.15) is 5.26 Å². The highest BCUT2D eigenvalue weighted by atomic mass is 19.1. The summed E-state index contributed by atoms with van der Waals surface area (Å²) < 4.78 is 13.2. The second kappa shape index (κ2) is 5.71. The number of nitriles is 1. The Bertz CT molecular complexity index is 472. The Labute approximate surface area is 113 Å². The summed E-state index contributed by atoms with van der Waals surface area (Å²) in [6.45, 7) is 2.16. The van der Waals surface area contributed by atoms with Gasteiger partial charge in [-0.15, -0.1) is 0 Å². The van der Waals surface area contributed by atoms with E-state index in [9.17, 15) is 14.8 Å². The first-order chi connectivity index (χ1) is 9.11. The van der Waals surface area contributed by atoms with Crippen LogP contribution in [0.5, 0.6) is 0 Å². The number of hydrogen-bond acceptors (Lipinski definition) is 2. The van der Waals surface area contributed by atoms with Gasteiger partial charge in [0.2, 0.25) is 0 Å². The molecule has 0 amide bonds. The third-order valence-corrected chi connectivity index (χ3v) is 4.49. The molecule has 2 rings (SSSR count). The predicted octanol–water partition coefficient (Wildman–Crippen LogP) is 3.97. The first kappa shape index (κ1) is 14.0. The van der Waals surface area contributed by atoms with Gasteiger partial charge in [0.25, 0.3) is 0 Å². The Morgan fingerprint density at radius 2 is 2.16 bits per heavy atom. The Morgan fingerprint density at radius 3 is 2.68 bits per heavy atom. The van der Waals surface area contributed by atoms with Crippen LogP contribution >= 0.6 is 0 Å². The van der Waals surface area contributed by atoms with E-state index in [0.29, 0.717) is 24.3 Å². The molecule has 0 saturated heterocycles. The van der Waals surface area contributed by atoms with Gasteiger partial charge in [-0.05, 0) is 49.3 Å². The number of benzene rings is 1. The summed E-state index contributed by atoms with van der Waals surface area (Å²) >= 11 is 0. The normalized spacial score (nSPS) is 28.6. The second-order valence-corrected chi connectivity index (χ2v) is 5.58. The quantitative estimate of drug-likeness (QED) is 0.894. The van der Waals surface area contributed by atoms with Gasteiger partial charge in [-0.3, -0.25) is 0 Å². The predicted molar refractivity (Wildman–Crippen MR) is 71.7 cm³/mol. The molecule has 1 saturated carbocycles. The summed E-state index contributed by atoms with van der Waals surface area (Å²) in [4.78, 5) is 0. The molecule has 0 spiro atoms. The molecule has 102 valence electrons. The monoisotopic (exact) mass is 261 g/mol. The molecule has 2 nitrogen and oxygen atoms in total. The summed E-state index contributed by atoms with van der Waals surface area (Å²) in [6, 6.07) is 8.26. The molecule has 1 N–H and O–H groups in total. The third-order valence-electron chi connectivity index (χ3n) is 4.49. The number of halogens is 1. The van der Waals surface area contributed by atoms with E-state index in [-0.39, 0.29) is 5.82 Å². The van der Waals surface area contributed by atoms with Crippen molar-refractivity contribution in [2.75, 3.05) is 0 Å². The number of hydrogen-bond donors (Lipinski definition) is 1. The van der Waals surface area contributed by atoms with E-state index in [4.69, 9.17) is 0 Å². The van der Waals surface area contributed by atoms with Crippen LogP contribution in [0.15, 0.2) is 24.3 Å². The van der Waals surface area contributed by atoms with Crippen LogP contribution in [0.25, 0.3) is 0 Å². The minimum absolute atomic E-state index is 0.369. The zero-order valence-electron chi connectivity index (χ0n) is 11.3. The molecule has 0 radical (unpaired) electrons. The van der Waals surface area contributed by atoms with Crippen LogP contribution in [0.3, 0.4) is 0 Å². The van der Waals surface area contributed by atoms with Crippen LogP contribution in [-0.4, -0.2) is 5.11 Å². The number of aliphatic hydroxyl groups excluding tert-OH is 1. The van der Waals surface area contributed by atoms with Crippen molar-refractivity contribution in [3.8, 4) is 6.07 Å². The molecule has 19 heavy (non-hydrogen) atoms. The van der Waals surface area contributed by atoms with Crippen molar-refractivity contribution >= 4 is 0 Å². The summed E-state index contributed by atoms with van der Waals surface area (Å²) in [6.07, 6.45) is 3.55. The van der Waals surface area contributed by atoms with Crippen molar-refractivity contribution in [3.63, 3.8) is 0 Å². The molecule has 1 aromatic carbocycles. The summed E-state index contributed by atoms with van der Waals surface area (Å²) in [5, 5.41) is 20.0. The fourth-order valence-electron chi connectivity index (χ4n) is 3.04. The molecule has 1 unspecified atom stereocenters. The van der Waals surface area contributed by atoms with Gasteiger partial charge in [-0.1, -0.05) is 25.5 Å². The molecule has 0 aromatic heterocycles. The van der Waals surface area contributed by atoms with Gasteiger partial charge in [0.1, 0.15) is 5.82 Å². The topological polar surface area (TPSA) is 44.0 Å². The highest BCUT2D eigenvalue weighted by molar-refractivity contribution is 5.24. The van der Waals surface area contributed by atoms with Gasteiger partial charge in [0, 0.05) is 0 Å². The van der Waals surface area contributed by atoms with E-state index in [0.717, 1.165) is 19.3 Å². The average molecular weight is 261 g/mol. The van der Waals surface area contributed by atoms with Crippen LogP contribution in [0.4, 0.5) is 4.39 Å². The van der Waals surface area contributed by atoms with Crippen LogP contribution in [-0.2, 0) is 0 Å². The number of aliphatic hydroxyl groups is 1. The van der Waals surface area contributed by atoms with Crippen molar-refractivity contribution in [1.29, 1.82) is 5.26 Å². The van der Waals surface area contributed by atoms with Crippen LogP contribution < -0.4 is 0 Å². The lowest BCUT2D eigenvalue weighted by molar-refractivity contribution is 0.0241. The SMILES string of the molecule is CCC1CCC(C#N)(C(O)c2cccc(F)c2)CC1. The maximum absolute atomic E-state index is 13.2. The molecule has 0 aliphatic heterocycles. The Hall–Kier alpha value is -1.40. The summed E-state index contributed by atoms with van der Waals surface area (Å²) in [5.41, 5.74) is -0.240. The molecule has 0 bridgehead atoms. The standard InChI is InChI=1S/C16H20FNO/c1-2-12-6-8-16(11-18,9-7-12)15(19)13-4-3-5-14(17)10-13/h3-5,10,12,15,19H,2,6-9H2,1H3. The van der Waals surface area contributed by atoms with Crippen molar-refractivity contribution in [2.45, 2.75) is 45.1 Å². The van der Waals surface area contributed by atoms with E-state index in [1.165, 1.54) is 12.1 Å². The van der Waals surface area contributed by atoms with Gasteiger partial charge >= 0.3 is 0 Å². The smallest absolute Gasteiger partial charge is 0.123 e. The van der Waals surface area contributed by atoms with E-state index >= 15 is 0 Å². The fraction of sp³-hybridized carbons (Fsp3) is 0.562. The summed E-state index contributed by atoms with van der Waals surface area (Å²) in [5.74, 6) is 0.285. The molecule has 3 heteroatoms. The van der Waals surface area contributed by atoms with Gasteiger partial charge in [0.15, 0.2) is 0 Å². The second-order valence-electron chi connectivity index (χ2n) is 5.58. The van der Waals surface area contributed by atoms with E-state index in [2.05, 4.69) is 13.0 Å².